The minimum absolute atomic E-state index is 0.0668. The molecule has 0 amide bonds. The van der Waals surface area contributed by atoms with Gasteiger partial charge in [-0.15, -0.1) is 0 Å². The van der Waals surface area contributed by atoms with E-state index in [1.165, 1.54) is 25.6 Å². The summed E-state index contributed by atoms with van der Waals surface area (Å²) in [5, 5.41) is 0. The zero-order valence-corrected chi connectivity index (χ0v) is 8.58. The number of aromatic amines is 1. The number of methoxy groups -OCH3 is 1. The lowest BCUT2D eigenvalue weighted by molar-refractivity contribution is 0.398. The van der Waals surface area contributed by atoms with Crippen LogP contribution in [0.2, 0.25) is 0 Å². The summed E-state index contributed by atoms with van der Waals surface area (Å²) < 4.78 is 35.9. The molecule has 0 spiro atoms. The number of ether oxygens (including phenoxy) is 1. The highest BCUT2D eigenvalue weighted by Crippen LogP contribution is 2.27. The first kappa shape index (κ1) is 9.94. The number of rotatable bonds is 2. The summed E-state index contributed by atoms with van der Waals surface area (Å²) in [5.41, 5.74) is 1.09. The van der Waals surface area contributed by atoms with Crippen LogP contribution in [-0.4, -0.2) is 30.0 Å². The fourth-order valence-corrected chi connectivity index (χ4v) is 1.97. The van der Waals surface area contributed by atoms with Gasteiger partial charge in [0.25, 0.3) is 10.1 Å². The lowest BCUT2D eigenvalue weighted by atomic mass is 10.3. The number of H-pyrrole nitrogens is 1. The Kier molecular flexibility index (Phi) is 2.13. The molecule has 0 radical (unpaired) electrons. The van der Waals surface area contributed by atoms with Crippen LogP contribution in [0.25, 0.3) is 11.0 Å². The average molecular weight is 228 g/mol. The summed E-state index contributed by atoms with van der Waals surface area (Å²) >= 11 is 0. The number of benzene rings is 1. The van der Waals surface area contributed by atoms with Gasteiger partial charge < -0.3 is 9.72 Å². The van der Waals surface area contributed by atoms with Gasteiger partial charge in [-0.1, -0.05) is 0 Å². The Labute approximate surface area is 85.6 Å². The molecule has 7 heteroatoms. The van der Waals surface area contributed by atoms with Crippen LogP contribution in [0.5, 0.6) is 5.75 Å². The minimum atomic E-state index is -4.29. The molecule has 15 heavy (non-hydrogen) atoms. The topological polar surface area (TPSA) is 92.3 Å². The highest BCUT2D eigenvalue weighted by molar-refractivity contribution is 7.86. The summed E-state index contributed by atoms with van der Waals surface area (Å²) in [7, 11) is -2.97. The van der Waals surface area contributed by atoms with Crippen LogP contribution in [0.3, 0.4) is 0 Å². The predicted molar refractivity (Wildman–Crippen MR) is 52.5 cm³/mol. The van der Waals surface area contributed by atoms with E-state index in [0.717, 1.165) is 0 Å². The number of imidazole rings is 1. The van der Waals surface area contributed by atoms with Crippen molar-refractivity contribution in [3.8, 4) is 5.75 Å². The van der Waals surface area contributed by atoms with Crippen LogP contribution in [0, 0.1) is 0 Å². The van der Waals surface area contributed by atoms with Gasteiger partial charge >= 0.3 is 0 Å². The number of hydrogen-bond donors (Lipinski definition) is 2. The normalized spacial score (nSPS) is 11.9. The van der Waals surface area contributed by atoms with Gasteiger partial charge in [-0.3, -0.25) is 4.55 Å². The van der Waals surface area contributed by atoms with Crippen molar-refractivity contribution < 1.29 is 17.7 Å². The monoisotopic (exact) mass is 228 g/mol. The maximum atomic E-state index is 11.0. The first-order valence-corrected chi connectivity index (χ1v) is 5.45. The van der Waals surface area contributed by atoms with Gasteiger partial charge in [-0.25, -0.2) is 4.98 Å². The molecule has 0 aliphatic rings. The molecule has 80 valence electrons. The quantitative estimate of drug-likeness (QED) is 0.742. The van der Waals surface area contributed by atoms with Crippen LogP contribution >= 0.6 is 0 Å². The first-order valence-electron chi connectivity index (χ1n) is 4.01. The molecule has 0 bridgehead atoms. The largest absolute Gasteiger partial charge is 0.495 e. The molecule has 1 heterocycles. The van der Waals surface area contributed by atoms with Crippen LogP contribution in [-0.2, 0) is 10.1 Å². The summed E-state index contributed by atoms with van der Waals surface area (Å²) in [6, 6.07) is 2.71. The molecule has 0 aliphatic carbocycles. The van der Waals surface area contributed by atoms with E-state index in [2.05, 4.69) is 9.97 Å². The maximum Gasteiger partial charge on any atom is 0.298 e. The molecular weight excluding hydrogens is 220 g/mol. The molecule has 2 rings (SSSR count). The van der Waals surface area contributed by atoms with E-state index < -0.39 is 10.1 Å². The van der Waals surface area contributed by atoms with Crippen LogP contribution < -0.4 is 4.74 Å². The van der Waals surface area contributed by atoms with Gasteiger partial charge in [0.1, 0.15) is 10.6 Å². The van der Waals surface area contributed by atoms with Gasteiger partial charge in [-0.2, -0.15) is 8.42 Å². The maximum absolute atomic E-state index is 11.0. The van der Waals surface area contributed by atoms with Gasteiger partial charge in [0.15, 0.2) is 0 Å². The molecule has 2 N–H and O–H groups in total. The van der Waals surface area contributed by atoms with Crippen molar-refractivity contribution in [2.24, 2.45) is 0 Å². The zero-order valence-electron chi connectivity index (χ0n) is 7.76. The Morgan fingerprint density at radius 2 is 2.20 bits per heavy atom. The van der Waals surface area contributed by atoms with E-state index in [1.807, 2.05) is 0 Å². The number of nitrogens with zero attached hydrogens (tertiary/aromatic N) is 1. The smallest absolute Gasteiger partial charge is 0.298 e. The fraction of sp³-hybridized carbons (Fsp3) is 0.125. The van der Waals surface area contributed by atoms with Crippen molar-refractivity contribution in [1.82, 2.24) is 9.97 Å². The van der Waals surface area contributed by atoms with Crippen LogP contribution in [0.15, 0.2) is 23.4 Å². The number of fused-ring (bicyclic) bond motifs is 1. The van der Waals surface area contributed by atoms with E-state index in [1.54, 1.807) is 0 Å². The molecule has 6 nitrogen and oxygen atoms in total. The third kappa shape index (κ3) is 1.66. The minimum Gasteiger partial charge on any atom is -0.495 e. The summed E-state index contributed by atoms with van der Waals surface area (Å²) in [6.07, 6.45) is 1.43. The molecule has 0 aliphatic heterocycles. The molecular formula is C8H8N2O4S. The Morgan fingerprint density at radius 1 is 1.47 bits per heavy atom. The number of hydrogen-bond acceptors (Lipinski definition) is 4. The molecule has 0 saturated carbocycles. The van der Waals surface area contributed by atoms with Crippen molar-refractivity contribution in [1.29, 1.82) is 0 Å². The molecule has 1 aromatic heterocycles. The third-order valence-electron chi connectivity index (χ3n) is 1.98. The van der Waals surface area contributed by atoms with E-state index in [9.17, 15) is 8.42 Å². The van der Waals surface area contributed by atoms with Gasteiger partial charge in [-0.05, 0) is 6.07 Å². The molecule has 0 unspecified atom stereocenters. The lowest BCUT2D eigenvalue weighted by Crippen LogP contribution is -2.01. The van der Waals surface area contributed by atoms with Crippen molar-refractivity contribution in [2.45, 2.75) is 4.90 Å². The highest BCUT2D eigenvalue weighted by atomic mass is 32.2. The number of nitrogens with one attached hydrogen (secondary N) is 1. The van der Waals surface area contributed by atoms with Gasteiger partial charge in [0.2, 0.25) is 0 Å². The molecule has 2 aromatic rings. The van der Waals surface area contributed by atoms with Gasteiger partial charge in [0.05, 0.1) is 24.5 Å². The van der Waals surface area contributed by atoms with E-state index in [4.69, 9.17) is 9.29 Å². The van der Waals surface area contributed by atoms with Crippen LogP contribution in [0.4, 0.5) is 0 Å². The third-order valence-corrected chi connectivity index (χ3v) is 2.86. The zero-order chi connectivity index (χ0) is 11.1. The Hall–Kier alpha value is -1.60. The second-order valence-corrected chi connectivity index (χ2v) is 4.29. The Bertz CT molecular complexity index is 602. The van der Waals surface area contributed by atoms with E-state index >= 15 is 0 Å². The second kappa shape index (κ2) is 3.21. The van der Waals surface area contributed by atoms with Gasteiger partial charge in [0, 0.05) is 6.07 Å². The lowest BCUT2D eigenvalue weighted by Gasteiger charge is -2.05. The van der Waals surface area contributed by atoms with Crippen LogP contribution in [0.1, 0.15) is 0 Å². The molecule has 0 saturated heterocycles. The highest BCUT2D eigenvalue weighted by Gasteiger charge is 2.18. The molecule has 0 atom stereocenters. The Morgan fingerprint density at radius 3 is 2.80 bits per heavy atom. The van der Waals surface area contributed by atoms with E-state index in [-0.39, 0.29) is 10.6 Å². The standard InChI is InChI=1S/C8H8N2O4S/c1-14-7-2-5-6(10-4-9-5)3-8(7)15(11,12)13/h2-4H,1H3,(H,9,10)(H,11,12,13). The van der Waals surface area contributed by atoms with Crippen molar-refractivity contribution in [3.63, 3.8) is 0 Å². The molecule has 0 fully saturated rings. The first-order chi connectivity index (χ1) is 7.02. The summed E-state index contributed by atoms with van der Waals surface area (Å²) in [6.45, 7) is 0. The van der Waals surface area contributed by atoms with Crippen molar-refractivity contribution in [3.05, 3.63) is 18.5 Å². The second-order valence-electron chi connectivity index (χ2n) is 2.90. The fourth-order valence-electron chi connectivity index (χ4n) is 1.30. The van der Waals surface area contributed by atoms with Crippen molar-refractivity contribution in [2.75, 3.05) is 7.11 Å². The molecule has 1 aromatic carbocycles. The SMILES string of the molecule is COc1cc2nc[nH]c2cc1S(=O)(=O)O. The van der Waals surface area contributed by atoms with E-state index in [0.29, 0.717) is 11.0 Å². The Balaban J connectivity index is 2.81. The predicted octanol–water partition coefficient (Wildman–Crippen LogP) is 0.818. The number of aromatic nitrogens is 2. The summed E-state index contributed by atoms with van der Waals surface area (Å²) in [4.78, 5) is 6.40. The van der Waals surface area contributed by atoms with Crippen molar-refractivity contribution >= 4 is 21.2 Å². The average Bonchev–Trinajstić information content (AvgIpc) is 2.60. The summed E-state index contributed by atoms with van der Waals surface area (Å²) in [5.74, 6) is 0.0668.